The standard InChI is InChI=1S/C21H21NO3/c1-3-16-12-15(13-21(23)24-2)8-11-20(16)25-14-18-10-9-17-6-4-5-7-19(17)22-18/h4-12H,3,13-14H2,1-2H3. The van der Waals surface area contributed by atoms with Crippen molar-refractivity contribution in [3.05, 3.63) is 71.4 Å². The number of methoxy groups -OCH3 is 1. The molecule has 1 aromatic heterocycles. The van der Waals surface area contributed by atoms with Crippen LogP contribution in [0.15, 0.2) is 54.6 Å². The van der Waals surface area contributed by atoms with Gasteiger partial charge in [-0.1, -0.05) is 43.3 Å². The Bertz CT molecular complexity index is 889. The van der Waals surface area contributed by atoms with Gasteiger partial charge < -0.3 is 9.47 Å². The first-order valence-corrected chi connectivity index (χ1v) is 8.35. The van der Waals surface area contributed by atoms with E-state index in [2.05, 4.69) is 18.0 Å². The molecule has 128 valence electrons. The van der Waals surface area contributed by atoms with Crippen LogP contribution in [0.4, 0.5) is 0 Å². The maximum atomic E-state index is 11.4. The second-order valence-electron chi connectivity index (χ2n) is 5.83. The Morgan fingerprint density at radius 1 is 1.08 bits per heavy atom. The lowest BCUT2D eigenvalue weighted by molar-refractivity contribution is -0.139. The lowest BCUT2D eigenvalue weighted by Crippen LogP contribution is -2.06. The molecule has 0 unspecified atom stereocenters. The predicted octanol–water partition coefficient (Wildman–Crippen LogP) is 4.09. The molecule has 3 aromatic rings. The molecule has 0 amide bonds. The smallest absolute Gasteiger partial charge is 0.309 e. The Kier molecular flexibility index (Phi) is 5.29. The van der Waals surface area contributed by atoms with E-state index in [0.717, 1.165) is 39.9 Å². The van der Waals surface area contributed by atoms with E-state index in [0.29, 0.717) is 6.61 Å². The van der Waals surface area contributed by atoms with Crippen LogP contribution in [0.2, 0.25) is 0 Å². The van der Waals surface area contributed by atoms with Gasteiger partial charge in [0, 0.05) is 5.39 Å². The van der Waals surface area contributed by atoms with Gasteiger partial charge in [0.1, 0.15) is 12.4 Å². The maximum absolute atomic E-state index is 11.4. The fourth-order valence-corrected chi connectivity index (χ4v) is 2.74. The molecule has 25 heavy (non-hydrogen) atoms. The van der Waals surface area contributed by atoms with Crippen LogP contribution in [0.1, 0.15) is 23.7 Å². The molecule has 0 fully saturated rings. The van der Waals surface area contributed by atoms with Gasteiger partial charge in [0.25, 0.3) is 0 Å². The number of rotatable bonds is 6. The van der Waals surface area contributed by atoms with Crippen molar-refractivity contribution in [2.75, 3.05) is 7.11 Å². The lowest BCUT2D eigenvalue weighted by Gasteiger charge is -2.12. The van der Waals surface area contributed by atoms with Crippen LogP contribution in [-0.2, 0) is 29.0 Å². The summed E-state index contributed by atoms with van der Waals surface area (Å²) in [6.07, 6.45) is 1.10. The molecule has 0 spiro atoms. The van der Waals surface area contributed by atoms with Crippen molar-refractivity contribution in [1.29, 1.82) is 0 Å². The number of carbonyl (C=O) groups excluding carboxylic acids is 1. The van der Waals surface area contributed by atoms with Crippen LogP contribution in [0.5, 0.6) is 5.75 Å². The molecule has 0 aliphatic heterocycles. The fourth-order valence-electron chi connectivity index (χ4n) is 2.74. The van der Waals surface area contributed by atoms with E-state index in [-0.39, 0.29) is 12.4 Å². The second kappa shape index (κ2) is 7.79. The highest BCUT2D eigenvalue weighted by Gasteiger charge is 2.08. The average molecular weight is 335 g/mol. The number of ether oxygens (including phenoxy) is 2. The first kappa shape index (κ1) is 17.0. The summed E-state index contributed by atoms with van der Waals surface area (Å²) in [7, 11) is 1.40. The van der Waals surface area contributed by atoms with E-state index in [1.165, 1.54) is 7.11 Å². The third-order valence-corrected chi connectivity index (χ3v) is 4.11. The van der Waals surface area contributed by atoms with Crippen molar-refractivity contribution in [3.8, 4) is 5.75 Å². The molecule has 0 saturated heterocycles. The fraction of sp³-hybridized carbons (Fsp3) is 0.238. The van der Waals surface area contributed by atoms with Crippen molar-refractivity contribution >= 4 is 16.9 Å². The van der Waals surface area contributed by atoms with Gasteiger partial charge in [-0.05, 0) is 35.7 Å². The molecule has 0 bridgehead atoms. The normalized spacial score (nSPS) is 10.6. The largest absolute Gasteiger partial charge is 0.487 e. The van der Waals surface area contributed by atoms with Gasteiger partial charge in [0.05, 0.1) is 24.7 Å². The molecule has 1 heterocycles. The Morgan fingerprint density at radius 3 is 2.72 bits per heavy atom. The van der Waals surface area contributed by atoms with Crippen LogP contribution >= 0.6 is 0 Å². The third kappa shape index (κ3) is 4.15. The molecule has 0 atom stereocenters. The zero-order valence-corrected chi connectivity index (χ0v) is 14.5. The SMILES string of the molecule is CCc1cc(CC(=O)OC)ccc1OCc1ccc2ccccc2n1. The Hall–Kier alpha value is -2.88. The number of nitrogens with zero attached hydrogens (tertiary/aromatic N) is 1. The van der Waals surface area contributed by atoms with E-state index in [1.807, 2.05) is 48.5 Å². The number of hydrogen-bond acceptors (Lipinski definition) is 4. The highest BCUT2D eigenvalue weighted by molar-refractivity contribution is 5.78. The number of esters is 1. The Labute approximate surface area is 147 Å². The van der Waals surface area contributed by atoms with E-state index in [4.69, 9.17) is 9.47 Å². The van der Waals surface area contributed by atoms with E-state index in [9.17, 15) is 4.79 Å². The van der Waals surface area contributed by atoms with Crippen molar-refractivity contribution in [2.45, 2.75) is 26.4 Å². The average Bonchev–Trinajstić information content (AvgIpc) is 2.66. The third-order valence-electron chi connectivity index (χ3n) is 4.11. The minimum absolute atomic E-state index is 0.240. The topological polar surface area (TPSA) is 48.4 Å². The van der Waals surface area contributed by atoms with E-state index in [1.54, 1.807) is 0 Å². The molecule has 4 heteroatoms. The van der Waals surface area contributed by atoms with Crippen LogP contribution in [0.3, 0.4) is 0 Å². The number of para-hydroxylation sites is 1. The minimum atomic E-state index is -0.240. The summed E-state index contributed by atoms with van der Waals surface area (Å²) in [5, 5.41) is 1.12. The Morgan fingerprint density at radius 2 is 1.92 bits per heavy atom. The van der Waals surface area contributed by atoms with Crippen molar-refractivity contribution < 1.29 is 14.3 Å². The van der Waals surface area contributed by atoms with Crippen molar-refractivity contribution in [3.63, 3.8) is 0 Å². The van der Waals surface area contributed by atoms with Gasteiger partial charge in [0.15, 0.2) is 0 Å². The molecule has 2 aromatic carbocycles. The predicted molar refractivity (Wildman–Crippen MR) is 97.6 cm³/mol. The summed E-state index contributed by atoms with van der Waals surface area (Å²) in [5.41, 5.74) is 3.86. The zero-order valence-electron chi connectivity index (χ0n) is 14.5. The Balaban J connectivity index is 1.74. The van der Waals surface area contributed by atoms with E-state index < -0.39 is 0 Å². The van der Waals surface area contributed by atoms with Gasteiger partial charge in [-0.25, -0.2) is 4.98 Å². The molecule has 0 radical (unpaired) electrons. The number of aryl methyl sites for hydroxylation is 1. The van der Waals surface area contributed by atoms with Gasteiger partial charge in [0.2, 0.25) is 0 Å². The quantitative estimate of drug-likeness (QED) is 0.637. The summed E-state index contributed by atoms with van der Waals surface area (Å²) in [6, 6.07) is 17.9. The number of carbonyl (C=O) groups is 1. The van der Waals surface area contributed by atoms with Crippen LogP contribution in [0.25, 0.3) is 10.9 Å². The van der Waals surface area contributed by atoms with Gasteiger partial charge >= 0.3 is 5.97 Å². The van der Waals surface area contributed by atoms with Crippen LogP contribution in [0, 0.1) is 0 Å². The molecule has 0 N–H and O–H groups in total. The number of benzene rings is 2. The number of hydrogen-bond donors (Lipinski definition) is 0. The number of aromatic nitrogens is 1. The molecular weight excluding hydrogens is 314 g/mol. The highest BCUT2D eigenvalue weighted by Crippen LogP contribution is 2.23. The molecule has 0 aliphatic rings. The summed E-state index contributed by atoms with van der Waals surface area (Å²) in [4.78, 5) is 16.0. The number of fused-ring (bicyclic) bond motifs is 1. The molecule has 0 saturated carbocycles. The second-order valence-corrected chi connectivity index (χ2v) is 5.83. The number of pyridine rings is 1. The maximum Gasteiger partial charge on any atom is 0.309 e. The van der Waals surface area contributed by atoms with E-state index >= 15 is 0 Å². The summed E-state index contributed by atoms with van der Waals surface area (Å²) in [6.45, 7) is 2.48. The summed E-state index contributed by atoms with van der Waals surface area (Å²) in [5.74, 6) is 0.585. The molecular formula is C21H21NO3. The molecule has 3 rings (SSSR count). The van der Waals surface area contributed by atoms with Crippen molar-refractivity contribution in [2.24, 2.45) is 0 Å². The van der Waals surface area contributed by atoms with Gasteiger partial charge in [-0.15, -0.1) is 0 Å². The lowest BCUT2D eigenvalue weighted by atomic mass is 10.1. The van der Waals surface area contributed by atoms with Crippen LogP contribution < -0.4 is 4.74 Å². The van der Waals surface area contributed by atoms with Crippen molar-refractivity contribution in [1.82, 2.24) is 4.98 Å². The monoisotopic (exact) mass is 335 g/mol. The van der Waals surface area contributed by atoms with Gasteiger partial charge in [-0.3, -0.25) is 4.79 Å². The zero-order chi connectivity index (χ0) is 17.6. The molecule has 4 nitrogen and oxygen atoms in total. The minimum Gasteiger partial charge on any atom is -0.487 e. The first-order valence-electron chi connectivity index (χ1n) is 8.35. The summed E-state index contributed by atoms with van der Waals surface area (Å²) < 4.78 is 10.7. The van der Waals surface area contributed by atoms with Crippen LogP contribution in [-0.4, -0.2) is 18.1 Å². The molecule has 0 aliphatic carbocycles. The first-order chi connectivity index (χ1) is 12.2. The summed E-state index contributed by atoms with van der Waals surface area (Å²) >= 11 is 0. The van der Waals surface area contributed by atoms with Gasteiger partial charge in [-0.2, -0.15) is 0 Å². The highest BCUT2D eigenvalue weighted by atomic mass is 16.5.